The second-order valence-corrected chi connectivity index (χ2v) is 12.5. The van der Waals surface area contributed by atoms with Crippen LogP contribution in [0, 0.1) is 5.92 Å². The molecule has 268 valence electrons. The average molecular weight is 682 g/mol. The number of aryl methyl sites for hydroxylation is 1. The minimum Gasteiger partial charge on any atom is -0.493 e. The molecule has 13 nitrogen and oxygen atoms in total. The number of nitrogens with zero attached hydrogens (tertiary/aromatic N) is 1. The number of fused-ring (bicyclic) bond motifs is 1. The van der Waals surface area contributed by atoms with E-state index < -0.39 is 29.9 Å². The van der Waals surface area contributed by atoms with E-state index in [1.54, 1.807) is 45.3 Å². The molecule has 0 aliphatic carbocycles. The Morgan fingerprint density at radius 1 is 1.06 bits per heavy atom. The summed E-state index contributed by atoms with van der Waals surface area (Å²) in [5.41, 5.74) is 1.18. The van der Waals surface area contributed by atoms with E-state index in [0.717, 1.165) is 5.56 Å². The molecule has 0 saturated carbocycles. The highest BCUT2D eigenvalue weighted by molar-refractivity contribution is 6.00. The van der Waals surface area contributed by atoms with E-state index in [4.69, 9.17) is 14.2 Å². The van der Waals surface area contributed by atoms with E-state index in [1.807, 2.05) is 39.0 Å². The monoisotopic (exact) mass is 681 g/mol. The molecule has 0 bridgehead atoms. The summed E-state index contributed by atoms with van der Waals surface area (Å²) in [6.07, 6.45) is 1.41. The number of carbonyl (C=O) groups excluding carboxylic acids is 5. The number of hydrogen-bond donors (Lipinski definition) is 4. The molecule has 3 rings (SSSR count). The van der Waals surface area contributed by atoms with Crippen LogP contribution in [0.1, 0.15) is 69.3 Å². The average Bonchev–Trinajstić information content (AvgIpc) is 3.07. The second kappa shape index (κ2) is 19.3. The Labute approximate surface area is 288 Å². The molecule has 1 heterocycles. The highest BCUT2D eigenvalue weighted by Crippen LogP contribution is 2.28. The highest BCUT2D eigenvalue weighted by atomic mass is 16.5. The van der Waals surface area contributed by atoms with Gasteiger partial charge in [-0.05, 0) is 68.9 Å². The van der Waals surface area contributed by atoms with Crippen LogP contribution in [0.5, 0.6) is 17.2 Å². The molecule has 2 aromatic rings. The lowest BCUT2D eigenvalue weighted by molar-refractivity contribution is -0.134. The van der Waals surface area contributed by atoms with Gasteiger partial charge in [0, 0.05) is 26.6 Å². The van der Waals surface area contributed by atoms with Gasteiger partial charge < -0.3 is 40.4 Å². The molecule has 49 heavy (non-hydrogen) atoms. The number of amides is 5. The highest BCUT2D eigenvalue weighted by Gasteiger charge is 2.28. The Balaban J connectivity index is 1.76. The summed E-state index contributed by atoms with van der Waals surface area (Å²) in [6, 6.07) is 9.88. The van der Waals surface area contributed by atoms with E-state index in [1.165, 1.54) is 4.90 Å². The largest absolute Gasteiger partial charge is 0.493 e. The van der Waals surface area contributed by atoms with Crippen LogP contribution in [0.2, 0.25) is 0 Å². The van der Waals surface area contributed by atoms with Crippen molar-refractivity contribution in [3.05, 3.63) is 53.6 Å². The molecule has 0 radical (unpaired) electrons. The van der Waals surface area contributed by atoms with Gasteiger partial charge in [-0.3, -0.25) is 24.0 Å². The molecule has 1 aliphatic heterocycles. The van der Waals surface area contributed by atoms with Crippen LogP contribution in [0.3, 0.4) is 0 Å². The molecule has 0 spiro atoms. The summed E-state index contributed by atoms with van der Waals surface area (Å²) < 4.78 is 17.0. The van der Waals surface area contributed by atoms with Gasteiger partial charge in [0.05, 0.1) is 31.7 Å². The number of nitrogens with one attached hydrogen (secondary N) is 4. The summed E-state index contributed by atoms with van der Waals surface area (Å²) >= 11 is 0. The van der Waals surface area contributed by atoms with Gasteiger partial charge in [-0.15, -0.1) is 0 Å². The number of methoxy groups -OCH3 is 1. The predicted octanol–water partition coefficient (Wildman–Crippen LogP) is 2.61. The molecular weight excluding hydrogens is 630 g/mol. The maximum atomic E-state index is 13.6. The summed E-state index contributed by atoms with van der Waals surface area (Å²) in [5.74, 6) is -0.744. The third kappa shape index (κ3) is 12.0. The Bertz CT molecular complexity index is 1450. The molecule has 0 aromatic heterocycles. The van der Waals surface area contributed by atoms with Crippen LogP contribution >= 0.6 is 0 Å². The standard InChI is InChI=1S/C36H51N5O8/c1-7-48-29-17-16-25(20-30(29)47-6)12-10-18-37-35(45)27-21-32(43)41(5)19-11-15-31(42)40-33(23(2)3)36(46)38-24(4)22-49-28-14-9-8-13-26(28)34(44)39-27/h8-9,13-14,16-17,20,23-24,27,33H,7,10-12,15,18-19,21-22H2,1-6H3,(H,37,45)(H,38,46)(H,39,44)(H,40,42)/t24-,27-,33+/m0/s1. The lowest BCUT2D eigenvalue weighted by Gasteiger charge is -2.24. The lowest BCUT2D eigenvalue weighted by Crippen LogP contribution is -2.52. The SMILES string of the molecule is CCOc1ccc(CCCNC(=O)[C@@H]2CC(=O)N(C)CCCC(=O)N[C@H](C(C)C)C(=O)N[C@@H](C)COc3ccccc3C(=O)N2)cc1OC. The molecule has 0 fully saturated rings. The Morgan fingerprint density at radius 2 is 1.82 bits per heavy atom. The van der Waals surface area contributed by atoms with Crippen molar-refractivity contribution in [2.45, 2.75) is 77.9 Å². The maximum absolute atomic E-state index is 13.6. The molecule has 4 N–H and O–H groups in total. The third-order valence-electron chi connectivity index (χ3n) is 8.07. The van der Waals surface area contributed by atoms with E-state index in [9.17, 15) is 24.0 Å². The first-order valence-corrected chi connectivity index (χ1v) is 16.9. The smallest absolute Gasteiger partial charge is 0.255 e. The summed E-state index contributed by atoms with van der Waals surface area (Å²) in [4.78, 5) is 67.4. The van der Waals surface area contributed by atoms with Crippen molar-refractivity contribution in [1.29, 1.82) is 0 Å². The Hall–Kier alpha value is -4.81. The minimum atomic E-state index is -1.17. The minimum absolute atomic E-state index is 0.0439. The van der Waals surface area contributed by atoms with E-state index in [0.29, 0.717) is 43.9 Å². The van der Waals surface area contributed by atoms with Gasteiger partial charge in [0.2, 0.25) is 23.6 Å². The van der Waals surface area contributed by atoms with Gasteiger partial charge in [0.25, 0.3) is 5.91 Å². The van der Waals surface area contributed by atoms with Crippen LogP contribution in [-0.2, 0) is 25.6 Å². The van der Waals surface area contributed by atoms with Gasteiger partial charge >= 0.3 is 0 Å². The number of benzene rings is 2. The first-order chi connectivity index (χ1) is 23.4. The van der Waals surface area contributed by atoms with Crippen molar-refractivity contribution in [2.75, 3.05) is 40.5 Å². The Kier molecular flexibility index (Phi) is 15.2. The molecule has 13 heteroatoms. The molecule has 3 atom stereocenters. The quantitative estimate of drug-likeness (QED) is 0.294. The molecule has 2 aromatic carbocycles. The van der Waals surface area contributed by atoms with Crippen molar-refractivity contribution < 1.29 is 38.2 Å². The number of hydrogen-bond acceptors (Lipinski definition) is 8. The molecule has 1 aliphatic rings. The fourth-order valence-corrected chi connectivity index (χ4v) is 5.30. The number of rotatable bonds is 9. The van der Waals surface area contributed by atoms with Gasteiger partial charge in [0.1, 0.15) is 24.4 Å². The zero-order valence-corrected chi connectivity index (χ0v) is 29.4. The Morgan fingerprint density at radius 3 is 2.53 bits per heavy atom. The lowest BCUT2D eigenvalue weighted by atomic mass is 10.0. The fraction of sp³-hybridized carbons (Fsp3) is 0.528. The maximum Gasteiger partial charge on any atom is 0.255 e. The second-order valence-electron chi connectivity index (χ2n) is 12.5. The number of para-hydroxylation sites is 1. The first-order valence-electron chi connectivity index (χ1n) is 16.9. The van der Waals surface area contributed by atoms with E-state index in [2.05, 4.69) is 21.3 Å². The number of carbonyl (C=O) groups is 5. The van der Waals surface area contributed by atoms with Gasteiger partial charge in [-0.1, -0.05) is 32.0 Å². The van der Waals surface area contributed by atoms with Crippen LogP contribution in [0.4, 0.5) is 0 Å². The van der Waals surface area contributed by atoms with Crippen molar-refractivity contribution >= 4 is 29.5 Å². The van der Waals surface area contributed by atoms with Gasteiger partial charge in [0.15, 0.2) is 11.5 Å². The van der Waals surface area contributed by atoms with E-state index >= 15 is 0 Å². The third-order valence-corrected chi connectivity index (χ3v) is 8.07. The van der Waals surface area contributed by atoms with Crippen LogP contribution < -0.4 is 35.5 Å². The van der Waals surface area contributed by atoms with Crippen LogP contribution in [0.25, 0.3) is 0 Å². The first kappa shape index (κ1) is 38.6. The van der Waals surface area contributed by atoms with Crippen molar-refractivity contribution in [3.8, 4) is 17.2 Å². The van der Waals surface area contributed by atoms with Crippen molar-refractivity contribution in [2.24, 2.45) is 5.92 Å². The van der Waals surface area contributed by atoms with Crippen molar-refractivity contribution in [1.82, 2.24) is 26.2 Å². The topological polar surface area (TPSA) is 164 Å². The fourth-order valence-electron chi connectivity index (χ4n) is 5.30. The van der Waals surface area contributed by atoms with Gasteiger partial charge in [-0.25, -0.2) is 0 Å². The zero-order valence-electron chi connectivity index (χ0n) is 29.4. The zero-order chi connectivity index (χ0) is 35.9. The van der Waals surface area contributed by atoms with Crippen LogP contribution in [0.15, 0.2) is 42.5 Å². The summed E-state index contributed by atoms with van der Waals surface area (Å²) in [7, 11) is 3.16. The molecule has 0 saturated heterocycles. The molecular formula is C36H51N5O8. The molecule has 5 amide bonds. The van der Waals surface area contributed by atoms with Crippen LogP contribution in [-0.4, -0.2) is 93.0 Å². The van der Waals surface area contributed by atoms with Crippen molar-refractivity contribution in [3.63, 3.8) is 0 Å². The molecule has 0 unspecified atom stereocenters. The predicted molar refractivity (Wildman–Crippen MR) is 185 cm³/mol. The number of ether oxygens (including phenoxy) is 3. The summed E-state index contributed by atoms with van der Waals surface area (Å²) in [6.45, 7) is 8.45. The normalized spacial score (nSPS) is 20.0. The van der Waals surface area contributed by atoms with Gasteiger partial charge in [-0.2, -0.15) is 0 Å². The van der Waals surface area contributed by atoms with E-state index in [-0.39, 0.29) is 60.9 Å². The summed E-state index contributed by atoms with van der Waals surface area (Å²) in [5, 5.41) is 11.3.